The van der Waals surface area contributed by atoms with Crippen LogP contribution in [0.1, 0.15) is 11.1 Å². The highest BCUT2D eigenvalue weighted by molar-refractivity contribution is 6.00. The van der Waals surface area contributed by atoms with Gasteiger partial charge in [0, 0.05) is 18.0 Å². The molecule has 0 saturated heterocycles. The summed E-state index contributed by atoms with van der Waals surface area (Å²) in [7, 11) is 0. The molecule has 0 atom stereocenters. The van der Waals surface area contributed by atoms with Crippen molar-refractivity contribution in [1.82, 2.24) is 9.78 Å². The zero-order valence-corrected chi connectivity index (χ0v) is 9.46. The van der Waals surface area contributed by atoms with Gasteiger partial charge in [0.2, 0.25) is 0 Å². The number of benzene rings is 1. The molecule has 0 amide bonds. The second kappa shape index (κ2) is 4.63. The second-order valence-electron chi connectivity index (χ2n) is 3.67. The Bertz CT molecular complexity index is 605. The molecule has 0 radical (unpaired) electrons. The minimum absolute atomic E-state index is 0.0546. The van der Waals surface area contributed by atoms with Crippen LogP contribution in [0.3, 0.4) is 0 Å². The van der Waals surface area contributed by atoms with Crippen molar-refractivity contribution in [1.29, 1.82) is 0 Å². The average Bonchev–Trinajstić information content (AvgIpc) is 2.89. The average molecular weight is 270 g/mol. The zero-order valence-electron chi connectivity index (χ0n) is 9.46. The molecule has 0 unspecified atom stereocenters. The third-order valence-electron chi connectivity index (χ3n) is 2.46. The van der Waals surface area contributed by atoms with E-state index in [4.69, 9.17) is 10.9 Å². The largest absolute Gasteiger partial charge is 0.416 e. The molecule has 0 fully saturated rings. The SMILES string of the molecule is N/C(=N\O)c1cc(C(F)(F)F)ccc1-n1cccn1. The van der Waals surface area contributed by atoms with E-state index in [1.165, 1.54) is 23.1 Å². The van der Waals surface area contributed by atoms with Crippen LogP contribution in [-0.2, 0) is 6.18 Å². The Kier molecular flexibility index (Phi) is 3.16. The fourth-order valence-corrected chi connectivity index (χ4v) is 1.58. The third kappa shape index (κ3) is 2.51. The van der Waals surface area contributed by atoms with Gasteiger partial charge in [-0.15, -0.1) is 0 Å². The standard InChI is InChI=1S/C11H9F3N4O/c12-11(13,14)7-2-3-9(18-5-1-4-16-18)8(6-7)10(15)17-19/h1-6,19H,(H2,15,17). The zero-order chi connectivity index (χ0) is 14.0. The van der Waals surface area contributed by atoms with Crippen LogP contribution in [0.15, 0.2) is 41.8 Å². The molecule has 8 heteroatoms. The van der Waals surface area contributed by atoms with Gasteiger partial charge in [-0.05, 0) is 24.3 Å². The van der Waals surface area contributed by atoms with Crippen LogP contribution in [0.25, 0.3) is 5.69 Å². The minimum Gasteiger partial charge on any atom is -0.409 e. The van der Waals surface area contributed by atoms with Crippen molar-refractivity contribution in [2.75, 3.05) is 0 Å². The van der Waals surface area contributed by atoms with Gasteiger partial charge < -0.3 is 10.9 Å². The van der Waals surface area contributed by atoms with Gasteiger partial charge in [-0.2, -0.15) is 18.3 Å². The van der Waals surface area contributed by atoms with Gasteiger partial charge in [0.1, 0.15) is 0 Å². The maximum atomic E-state index is 12.6. The molecule has 0 bridgehead atoms. The van der Waals surface area contributed by atoms with Crippen molar-refractivity contribution in [3.8, 4) is 5.69 Å². The number of halogens is 3. The summed E-state index contributed by atoms with van der Waals surface area (Å²) in [6.07, 6.45) is -1.50. The predicted octanol–water partition coefficient (Wildman–Crippen LogP) is 1.99. The first kappa shape index (κ1) is 12.9. The molecule has 1 aromatic carbocycles. The lowest BCUT2D eigenvalue weighted by molar-refractivity contribution is -0.137. The highest BCUT2D eigenvalue weighted by Gasteiger charge is 2.31. The van der Waals surface area contributed by atoms with E-state index < -0.39 is 17.6 Å². The Morgan fingerprint density at radius 2 is 2.11 bits per heavy atom. The fourth-order valence-electron chi connectivity index (χ4n) is 1.58. The second-order valence-corrected chi connectivity index (χ2v) is 3.67. The van der Waals surface area contributed by atoms with Crippen LogP contribution >= 0.6 is 0 Å². The van der Waals surface area contributed by atoms with Crippen LogP contribution in [0, 0.1) is 0 Å². The van der Waals surface area contributed by atoms with E-state index in [1.807, 2.05) is 0 Å². The smallest absolute Gasteiger partial charge is 0.409 e. The summed E-state index contributed by atoms with van der Waals surface area (Å²) in [6, 6.07) is 4.54. The van der Waals surface area contributed by atoms with Crippen molar-refractivity contribution in [2.45, 2.75) is 6.18 Å². The van der Waals surface area contributed by atoms with Crippen LogP contribution in [0.5, 0.6) is 0 Å². The lowest BCUT2D eigenvalue weighted by Crippen LogP contribution is -2.18. The number of aromatic nitrogens is 2. The number of hydrogen-bond acceptors (Lipinski definition) is 3. The summed E-state index contributed by atoms with van der Waals surface area (Å²) in [5, 5.41) is 15.3. The molecule has 0 aliphatic heterocycles. The first-order chi connectivity index (χ1) is 8.93. The highest BCUT2D eigenvalue weighted by Crippen LogP contribution is 2.31. The molecule has 2 rings (SSSR count). The molecule has 5 nitrogen and oxygen atoms in total. The molecular weight excluding hydrogens is 261 g/mol. The number of hydrogen-bond donors (Lipinski definition) is 2. The molecule has 1 heterocycles. The summed E-state index contributed by atoms with van der Waals surface area (Å²) in [6.45, 7) is 0. The topological polar surface area (TPSA) is 76.4 Å². The van der Waals surface area contributed by atoms with Crippen LogP contribution in [0.4, 0.5) is 13.2 Å². The van der Waals surface area contributed by atoms with E-state index in [-0.39, 0.29) is 11.3 Å². The number of amidine groups is 1. The van der Waals surface area contributed by atoms with Crippen molar-refractivity contribution in [3.05, 3.63) is 47.8 Å². The molecule has 100 valence electrons. The van der Waals surface area contributed by atoms with Gasteiger partial charge in [-0.25, -0.2) is 4.68 Å². The molecular formula is C11H9F3N4O. The fraction of sp³-hybridized carbons (Fsp3) is 0.0909. The van der Waals surface area contributed by atoms with Gasteiger partial charge in [0.05, 0.1) is 11.3 Å². The normalized spacial score (nSPS) is 12.7. The third-order valence-corrected chi connectivity index (χ3v) is 2.46. The Labute approximate surface area is 105 Å². The van der Waals surface area contributed by atoms with E-state index in [1.54, 1.807) is 6.07 Å². The van der Waals surface area contributed by atoms with Gasteiger partial charge in [-0.3, -0.25) is 0 Å². The lowest BCUT2D eigenvalue weighted by Gasteiger charge is -2.12. The molecule has 2 aromatic rings. The van der Waals surface area contributed by atoms with E-state index in [0.29, 0.717) is 0 Å². The molecule has 0 saturated carbocycles. The van der Waals surface area contributed by atoms with Crippen molar-refractivity contribution >= 4 is 5.84 Å². The quantitative estimate of drug-likeness (QED) is 0.379. The Hall–Kier alpha value is -2.51. The molecule has 0 spiro atoms. The molecule has 19 heavy (non-hydrogen) atoms. The number of nitrogens with zero attached hydrogens (tertiary/aromatic N) is 3. The maximum absolute atomic E-state index is 12.6. The summed E-state index contributed by atoms with van der Waals surface area (Å²) < 4.78 is 39.3. The highest BCUT2D eigenvalue weighted by atomic mass is 19.4. The summed E-state index contributed by atoms with van der Waals surface area (Å²) in [4.78, 5) is 0. The Morgan fingerprint density at radius 3 is 2.63 bits per heavy atom. The van der Waals surface area contributed by atoms with E-state index in [2.05, 4.69) is 10.3 Å². The molecule has 3 N–H and O–H groups in total. The molecule has 0 aliphatic rings. The van der Waals surface area contributed by atoms with Crippen molar-refractivity contribution < 1.29 is 18.4 Å². The Morgan fingerprint density at radius 1 is 1.37 bits per heavy atom. The number of rotatable bonds is 2. The molecule has 1 aromatic heterocycles. The van der Waals surface area contributed by atoms with Crippen molar-refractivity contribution in [2.24, 2.45) is 10.9 Å². The van der Waals surface area contributed by atoms with Gasteiger partial charge in [0.25, 0.3) is 0 Å². The van der Waals surface area contributed by atoms with Crippen LogP contribution in [-0.4, -0.2) is 20.8 Å². The number of nitrogens with two attached hydrogens (primary N) is 1. The van der Waals surface area contributed by atoms with Crippen LogP contribution in [0.2, 0.25) is 0 Å². The van der Waals surface area contributed by atoms with Gasteiger partial charge in [-0.1, -0.05) is 5.16 Å². The van der Waals surface area contributed by atoms with E-state index in [9.17, 15) is 13.2 Å². The number of oxime groups is 1. The number of alkyl halides is 3. The van der Waals surface area contributed by atoms with Crippen molar-refractivity contribution in [3.63, 3.8) is 0 Å². The van der Waals surface area contributed by atoms with E-state index >= 15 is 0 Å². The summed E-state index contributed by atoms with van der Waals surface area (Å²) in [5.74, 6) is -0.420. The minimum atomic E-state index is -4.51. The first-order valence-corrected chi connectivity index (χ1v) is 5.12. The van der Waals surface area contributed by atoms with Gasteiger partial charge in [0.15, 0.2) is 5.84 Å². The van der Waals surface area contributed by atoms with Crippen LogP contribution < -0.4 is 5.73 Å². The first-order valence-electron chi connectivity index (χ1n) is 5.12. The monoisotopic (exact) mass is 270 g/mol. The summed E-state index contributed by atoms with van der Waals surface area (Å²) >= 11 is 0. The molecule has 0 aliphatic carbocycles. The lowest BCUT2D eigenvalue weighted by atomic mass is 10.1. The predicted molar refractivity (Wildman–Crippen MR) is 61.1 cm³/mol. The maximum Gasteiger partial charge on any atom is 0.416 e. The summed E-state index contributed by atoms with van der Waals surface area (Å²) in [5.41, 5.74) is 4.75. The Balaban J connectivity index is 2.63. The van der Waals surface area contributed by atoms with E-state index in [0.717, 1.165) is 12.1 Å². The van der Waals surface area contributed by atoms with Gasteiger partial charge >= 0.3 is 6.18 Å².